The van der Waals surface area contributed by atoms with Crippen LogP contribution < -0.4 is 0 Å². The van der Waals surface area contributed by atoms with Gasteiger partial charge in [-0.2, -0.15) is 0 Å². The molecule has 13 heavy (non-hydrogen) atoms. The van der Waals surface area contributed by atoms with E-state index in [4.69, 9.17) is 0 Å². The van der Waals surface area contributed by atoms with Crippen LogP contribution in [-0.2, 0) is 5.33 Å². The van der Waals surface area contributed by atoms with E-state index in [9.17, 15) is 0 Å². The van der Waals surface area contributed by atoms with Crippen molar-refractivity contribution in [2.24, 2.45) is 0 Å². The highest BCUT2D eigenvalue weighted by Crippen LogP contribution is 2.30. The van der Waals surface area contributed by atoms with Crippen LogP contribution >= 0.6 is 27.3 Å². The van der Waals surface area contributed by atoms with Gasteiger partial charge in [0.05, 0.1) is 0 Å². The van der Waals surface area contributed by atoms with E-state index in [0.29, 0.717) is 0 Å². The van der Waals surface area contributed by atoms with E-state index in [2.05, 4.69) is 48.0 Å². The fourth-order valence-electron chi connectivity index (χ4n) is 1.48. The second-order valence-corrected chi connectivity index (χ2v) is 5.06. The molecule has 0 saturated carbocycles. The molecule has 2 heteroatoms. The number of halogens is 1. The Balaban J connectivity index is 2.73. The van der Waals surface area contributed by atoms with E-state index in [1.165, 1.54) is 26.1 Å². The lowest BCUT2D eigenvalue weighted by atomic mass is 10.1. The summed E-state index contributed by atoms with van der Waals surface area (Å²) in [6, 6.07) is 6.69. The Hall–Kier alpha value is -0.340. The fourth-order valence-corrected chi connectivity index (χ4v) is 2.96. The summed E-state index contributed by atoms with van der Waals surface area (Å²) in [6.07, 6.45) is 0. The Bertz CT molecular complexity index is 443. The lowest BCUT2D eigenvalue weighted by Gasteiger charge is -1.95. The third-order valence-corrected chi connectivity index (χ3v) is 4.21. The highest BCUT2D eigenvalue weighted by atomic mass is 79.9. The van der Waals surface area contributed by atoms with Crippen molar-refractivity contribution in [2.75, 3.05) is 0 Å². The lowest BCUT2D eigenvalue weighted by molar-refractivity contribution is 1.45. The molecule has 0 aliphatic heterocycles. The largest absolute Gasteiger partial charge is 0.140 e. The van der Waals surface area contributed by atoms with Crippen LogP contribution in [0, 0.1) is 13.8 Å². The van der Waals surface area contributed by atoms with Crippen LogP contribution in [0.2, 0.25) is 0 Å². The molecule has 2 aromatic rings. The zero-order valence-electron chi connectivity index (χ0n) is 7.73. The third-order valence-electron chi connectivity index (χ3n) is 2.40. The lowest BCUT2D eigenvalue weighted by Crippen LogP contribution is -1.75. The highest BCUT2D eigenvalue weighted by molar-refractivity contribution is 9.08. The first-order valence-electron chi connectivity index (χ1n) is 4.27. The van der Waals surface area contributed by atoms with Crippen molar-refractivity contribution in [3.05, 3.63) is 34.2 Å². The summed E-state index contributed by atoms with van der Waals surface area (Å²) in [5, 5.41) is 2.35. The normalized spacial score (nSPS) is 11.0. The monoisotopic (exact) mass is 254 g/mol. The summed E-state index contributed by atoms with van der Waals surface area (Å²) in [5.41, 5.74) is 2.79. The Morgan fingerprint density at radius 2 is 2.08 bits per heavy atom. The minimum Gasteiger partial charge on any atom is -0.140 e. The summed E-state index contributed by atoms with van der Waals surface area (Å²) in [5.74, 6) is 0. The molecule has 0 aliphatic rings. The summed E-state index contributed by atoms with van der Waals surface area (Å²) in [7, 11) is 0. The SMILES string of the molecule is Cc1sc2cc(CBr)ccc2c1C. The van der Waals surface area contributed by atoms with Gasteiger partial charge in [0.1, 0.15) is 0 Å². The van der Waals surface area contributed by atoms with Crippen molar-refractivity contribution < 1.29 is 0 Å². The van der Waals surface area contributed by atoms with Crippen LogP contribution in [0.15, 0.2) is 18.2 Å². The molecule has 1 heterocycles. The molecule has 2 rings (SSSR count). The van der Waals surface area contributed by atoms with E-state index in [1.54, 1.807) is 0 Å². The van der Waals surface area contributed by atoms with E-state index >= 15 is 0 Å². The average molecular weight is 255 g/mol. The Morgan fingerprint density at radius 1 is 1.31 bits per heavy atom. The molecule has 0 unspecified atom stereocenters. The molecule has 0 saturated heterocycles. The Labute approximate surface area is 90.7 Å². The summed E-state index contributed by atoms with van der Waals surface area (Å²) in [6.45, 7) is 4.38. The van der Waals surface area contributed by atoms with Gasteiger partial charge in [-0.05, 0) is 36.4 Å². The molecule has 0 spiro atoms. The highest BCUT2D eigenvalue weighted by Gasteiger charge is 2.04. The van der Waals surface area contributed by atoms with Gasteiger partial charge in [-0.3, -0.25) is 0 Å². The van der Waals surface area contributed by atoms with Gasteiger partial charge in [-0.25, -0.2) is 0 Å². The van der Waals surface area contributed by atoms with Crippen LogP contribution in [0.25, 0.3) is 10.1 Å². The maximum absolute atomic E-state index is 3.47. The van der Waals surface area contributed by atoms with Crippen LogP contribution in [0.1, 0.15) is 16.0 Å². The maximum atomic E-state index is 3.47. The van der Waals surface area contributed by atoms with Gasteiger partial charge in [0, 0.05) is 14.9 Å². The molecule has 0 amide bonds. The van der Waals surface area contributed by atoms with E-state index < -0.39 is 0 Å². The van der Waals surface area contributed by atoms with E-state index in [-0.39, 0.29) is 0 Å². The number of alkyl halides is 1. The van der Waals surface area contributed by atoms with Crippen molar-refractivity contribution in [3.63, 3.8) is 0 Å². The standard InChI is InChI=1S/C11H11BrS/c1-7-8(2)13-11-5-9(6-12)3-4-10(7)11/h3-5H,6H2,1-2H3. The van der Waals surface area contributed by atoms with Crippen molar-refractivity contribution in [2.45, 2.75) is 19.2 Å². The molecular weight excluding hydrogens is 244 g/mol. The molecule has 0 aliphatic carbocycles. The minimum atomic E-state index is 0.943. The van der Waals surface area contributed by atoms with Crippen LogP contribution in [-0.4, -0.2) is 0 Å². The number of rotatable bonds is 1. The molecule has 0 atom stereocenters. The second-order valence-electron chi connectivity index (χ2n) is 3.25. The maximum Gasteiger partial charge on any atom is 0.0351 e. The van der Waals surface area contributed by atoms with Crippen LogP contribution in [0.3, 0.4) is 0 Å². The fraction of sp³-hybridized carbons (Fsp3) is 0.273. The number of fused-ring (bicyclic) bond motifs is 1. The average Bonchev–Trinajstić information content (AvgIpc) is 2.42. The molecule has 68 valence electrons. The first kappa shape index (κ1) is 9.22. The zero-order chi connectivity index (χ0) is 9.42. The Morgan fingerprint density at radius 3 is 2.77 bits per heavy atom. The van der Waals surface area contributed by atoms with Gasteiger partial charge in [0.2, 0.25) is 0 Å². The van der Waals surface area contributed by atoms with Crippen LogP contribution in [0.5, 0.6) is 0 Å². The number of thiophene rings is 1. The molecule has 0 N–H and O–H groups in total. The van der Waals surface area contributed by atoms with Gasteiger partial charge in [-0.15, -0.1) is 11.3 Å². The molecule has 0 radical (unpaired) electrons. The summed E-state index contributed by atoms with van der Waals surface area (Å²) < 4.78 is 1.41. The smallest absolute Gasteiger partial charge is 0.0351 e. The van der Waals surface area contributed by atoms with Crippen LogP contribution in [0.4, 0.5) is 0 Å². The molecule has 1 aromatic carbocycles. The molecular formula is C11H11BrS. The van der Waals surface area contributed by atoms with E-state index in [1.807, 2.05) is 11.3 Å². The summed E-state index contributed by atoms with van der Waals surface area (Å²) in [4.78, 5) is 1.43. The van der Waals surface area contributed by atoms with Gasteiger partial charge in [-0.1, -0.05) is 28.1 Å². The number of hydrogen-bond donors (Lipinski definition) is 0. The number of aryl methyl sites for hydroxylation is 2. The van der Waals surface area contributed by atoms with Crippen molar-refractivity contribution >= 4 is 37.4 Å². The quantitative estimate of drug-likeness (QED) is 0.662. The van der Waals surface area contributed by atoms with Gasteiger partial charge < -0.3 is 0 Å². The predicted octanol–water partition coefficient (Wildman–Crippen LogP) is 4.41. The first-order valence-corrected chi connectivity index (χ1v) is 6.21. The number of benzene rings is 1. The molecule has 0 nitrogen and oxygen atoms in total. The first-order chi connectivity index (χ1) is 6.22. The minimum absolute atomic E-state index is 0.943. The van der Waals surface area contributed by atoms with Crippen molar-refractivity contribution in [1.29, 1.82) is 0 Å². The zero-order valence-corrected chi connectivity index (χ0v) is 10.1. The van der Waals surface area contributed by atoms with E-state index in [0.717, 1.165) is 5.33 Å². The molecule has 0 bridgehead atoms. The van der Waals surface area contributed by atoms with Gasteiger partial charge in [0.25, 0.3) is 0 Å². The van der Waals surface area contributed by atoms with Gasteiger partial charge in [0.15, 0.2) is 0 Å². The summed E-state index contributed by atoms with van der Waals surface area (Å²) >= 11 is 5.36. The molecule has 0 fully saturated rings. The van der Waals surface area contributed by atoms with Gasteiger partial charge >= 0.3 is 0 Å². The third kappa shape index (κ3) is 1.53. The van der Waals surface area contributed by atoms with Crippen molar-refractivity contribution in [3.8, 4) is 0 Å². The topological polar surface area (TPSA) is 0 Å². The predicted molar refractivity (Wildman–Crippen MR) is 63.9 cm³/mol. The number of hydrogen-bond acceptors (Lipinski definition) is 1. The second kappa shape index (κ2) is 3.43. The molecule has 1 aromatic heterocycles. The Kier molecular flexibility index (Phi) is 2.43. The van der Waals surface area contributed by atoms with Crippen molar-refractivity contribution in [1.82, 2.24) is 0 Å².